The first-order valence-corrected chi connectivity index (χ1v) is 9.15. The molecule has 0 heteroatoms. The van der Waals surface area contributed by atoms with E-state index in [4.69, 9.17) is 0 Å². The second-order valence-corrected chi connectivity index (χ2v) is 5.61. The Kier molecular flexibility index (Phi) is 17.1. The monoisotopic (exact) mass is 330 g/mol. The Labute approximate surface area is 153 Å². The molecule has 0 amide bonds. The van der Waals surface area contributed by atoms with E-state index in [1.54, 1.807) is 0 Å². The summed E-state index contributed by atoms with van der Waals surface area (Å²) in [5.74, 6) is 0. The molecule has 0 nitrogen and oxygen atoms in total. The molecular formula is C24H42. The first-order valence-electron chi connectivity index (χ1n) is 9.15. The first-order chi connectivity index (χ1) is 11.0. The van der Waals surface area contributed by atoms with Crippen LogP contribution in [0.25, 0.3) is 11.1 Å². The lowest BCUT2D eigenvalue weighted by Gasteiger charge is -2.25. The molecule has 0 saturated carbocycles. The Morgan fingerprint density at radius 2 is 1.08 bits per heavy atom. The van der Waals surface area contributed by atoms with Gasteiger partial charge in [0.15, 0.2) is 0 Å². The molecule has 2 rings (SSSR count). The van der Waals surface area contributed by atoms with Crippen LogP contribution in [0.5, 0.6) is 0 Å². The minimum absolute atomic E-state index is 0. The van der Waals surface area contributed by atoms with E-state index >= 15 is 0 Å². The Balaban J connectivity index is -0.000000569. The average Bonchev–Trinajstić information content (AvgIpc) is 2.60. The van der Waals surface area contributed by atoms with Crippen molar-refractivity contribution in [2.45, 2.75) is 82.1 Å². The zero-order valence-electron chi connectivity index (χ0n) is 17.1. The molecule has 0 heterocycles. The lowest BCUT2D eigenvalue weighted by Crippen LogP contribution is -2.14. The summed E-state index contributed by atoms with van der Waals surface area (Å²) < 4.78 is 0. The zero-order valence-corrected chi connectivity index (χ0v) is 17.1. The van der Waals surface area contributed by atoms with E-state index in [0.29, 0.717) is 0 Å². The molecule has 0 bridgehead atoms. The molecule has 0 unspecified atom stereocenters. The van der Waals surface area contributed by atoms with Gasteiger partial charge in [-0.1, -0.05) is 118 Å². The van der Waals surface area contributed by atoms with Gasteiger partial charge in [0.05, 0.1) is 0 Å². The molecule has 0 aliphatic rings. The van der Waals surface area contributed by atoms with Crippen molar-refractivity contribution in [2.75, 3.05) is 0 Å². The highest BCUT2D eigenvalue weighted by Gasteiger charge is 2.20. The van der Waals surface area contributed by atoms with E-state index in [2.05, 4.69) is 76.2 Å². The van der Waals surface area contributed by atoms with Crippen LogP contribution in [0, 0.1) is 6.92 Å². The zero-order chi connectivity index (χ0) is 18.5. The van der Waals surface area contributed by atoms with Gasteiger partial charge in [0.2, 0.25) is 0 Å². The second kappa shape index (κ2) is 15.0. The molecular weight excluding hydrogens is 288 g/mol. The van der Waals surface area contributed by atoms with Gasteiger partial charge in [0.1, 0.15) is 0 Å². The minimum atomic E-state index is 0. The first kappa shape index (κ1) is 27.3. The molecule has 0 aliphatic heterocycles. The molecule has 0 saturated heterocycles. The van der Waals surface area contributed by atoms with Crippen LogP contribution >= 0.6 is 0 Å². The molecule has 0 aliphatic carbocycles. The van der Waals surface area contributed by atoms with Crippen molar-refractivity contribution in [3.05, 3.63) is 59.7 Å². The van der Waals surface area contributed by atoms with Crippen LogP contribution in [0.4, 0.5) is 0 Å². The molecule has 0 spiro atoms. The third-order valence-electron chi connectivity index (χ3n) is 3.11. The Hall–Kier alpha value is -1.56. The lowest BCUT2D eigenvalue weighted by molar-refractivity contribution is 0.588. The summed E-state index contributed by atoms with van der Waals surface area (Å²) in [5.41, 5.74) is 5.67. The topological polar surface area (TPSA) is 0 Å². The van der Waals surface area contributed by atoms with E-state index in [-0.39, 0.29) is 12.8 Å². The van der Waals surface area contributed by atoms with Crippen molar-refractivity contribution in [1.82, 2.24) is 0 Å². The Bertz CT molecular complexity index is 501. The van der Waals surface area contributed by atoms with Crippen molar-refractivity contribution in [3.8, 4) is 11.1 Å². The fourth-order valence-corrected chi connectivity index (χ4v) is 2.52. The predicted molar refractivity (Wildman–Crippen MR) is 116 cm³/mol. The van der Waals surface area contributed by atoms with Gasteiger partial charge in [0, 0.05) is 0 Å². The quantitative estimate of drug-likeness (QED) is 0.490. The van der Waals surface area contributed by atoms with Crippen LogP contribution in [0.1, 0.15) is 80.9 Å². The molecule has 0 fully saturated rings. The van der Waals surface area contributed by atoms with Gasteiger partial charge in [-0.25, -0.2) is 0 Å². The molecule has 0 atom stereocenters. The molecule has 0 N–H and O–H groups in total. The largest absolute Gasteiger partial charge is 0.0776 e. The summed E-state index contributed by atoms with van der Waals surface area (Å²) in [6.07, 6.45) is 0. The average molecular weight is 331 g/mol. The molecule has 0 radical (unpaired) electrons. The van der Waals surface area contributed by atoms with E-state index in [9.17, 15) is 0 Å². The van der Waals surface area contributed by atoms with Crippen molar-refractivity contribution >= 4 is 0 Å². The van der Waals surface area contributed by atoms with Crippen LogP contribution in [-0.2, 0) is 5.41 Å². The van der Waals surface area contributed by atoms with Crippen LogP contribution < -0.4 is 0 Å². The number of rotatable bonds is 1. The fraction of sp³-hybridized carbons (Fsp3) is 0.500. The van der Waals surface area contributed by atoms with E-state index in [1.165, 1.54) is 22.3 Å². The van der Waals surface area contributed by atoms with Crippen LogP contribution in [0.15, 0.2) is 48.5 Å². The fourth-order valence-electron chi connectivity index (χ4n) is 2.52. The summed E-state index contributed by atoms with van der Waals surface area (Å²) in [6.45, 7) is 21.0. The van der Waals surface area contributed by atoms with Crippen molar-refractivity contribution in [3.63, 3.8) is 0 Å². The van der Waals surface area contributed by atoms with Gasteiger partial charge in [-0.15, -0.1) is 0 Å². The standard InChI is InChI=1S/C17H20.3C2H6.CH4/c1-13-9-8-12-15(16(13)17(2,3)4)14-10-6-5-7-11-14;3*1-2;/h5-12H,1-4H3;3*1-2H3;1H4. The van der Waals surface area contributed by atoms with E-state index in [1.807, 2.05) is 41.5 Å². The third kappa shape index (κ3) is 8.34. The SMILES string of the molecule is C.CC.CC.CC.Cc1cccc(-c2ccccc2)c1C(C)(C)C. The summed E-state index contributed by atoms with van der Waals surface area (Å²) >= 11 is 0. The van der Waals surface area contributed by atoms with Crippen molar-refractivity contribution in [2.24, 2.45) is 0 Å². The Morgan fingerprint density at radius 3 is 1.50 bits per heavy atom. The summed E-state index contributed by atoms with van der Waals surface area (Å²) in [4.78, 5) is 0. The normalized spacial score (nSPS) is 8.92. The van der Waals surface area contributed by atoms with Crippen molar-refractivity contribution < 1.29 is 0 Å². The van der Waals surface area contributed by atoms with Gasteiger partial charge in [-0.3, -0.25) is 0 Å². The number of aryl methyl sites for hydroxylation is 1. The summed E-state index contributed by atoms with van der Waals surface area (Å²) in [5, 5.41) is 0. The predicted octanol–water partition coefficient (Wildman–Crippen LogP) is 8.67. The molecule has 138 valence electrons. The Morgan fingerprint density at radius 1 is 0.625 bits per heavy atom. The highest BCUT2D eigenvalue weighted by Crippen LogP contribution is 2.35. The molecule has 2 aromatic rings. The number of hydrogen-bond donors (Lipinski definition) is 0. The van der Waals surface area contributed by atoms with Crippen LogP contribution in [0.3, 0.4) is 0 Å². The van der Waals surface area contributed by atoms with E-state index < -0.39 is 0 Å². The van der Waals surface area contributed by atoms with Gasteiger partial charge in [-0.05, 0) is 34.6 Å². The van der Waals surface area contributed by atoms with Gasteiger partial charge in [-0.2, -0.15) is 0 Å². The third-order valence-corrected chi connectivity index (χ3v) is 3.11. The summed E-state index contributed by atoms with van der Waals surface area (Å²) in [6, 6.07) is 17.2. The molecule has 0 aromatic heterocycles. The number of benzene rings is 2. The highest BCUT2D eigenvalue weighted by atomic mass is 14.2. The van der Waals surface area contributed by atoms with E-state index in [0.717, 1.165) is 0 Å². The smallest absolute Gasteiger partial charge is 0.0123 e. The second-order valence-electron chi connectivity index (χ2n) is 5.61. The highest BCUT2D eigenvalue weighted by molar-refractivity contribution is 5.70. The molecule has 2 aromatic carbocycles. The maximum absolute atomic E-state index is 2.28. The van der Waals surface area contributed by atoms with Crippen LogP contribution in [-0.4, -0.2) is 0 Å². The van der Waals surface area contributed by atoms with Crippen molar-refractivity contribution in [1.29, 1.82) is 0 Å². The maximum atomic E-state index is 2.28. The van der Waals surface area contributed by atoms with Gasteiger partial charge < -0.3 is 0 Å². The van der Waals surface area contributed by atoms with Crippen LogP contribution in [0.2, 0.25) is 0 Å². The van der Waals surface area contributed by atoms with Gasteiger partial charge >= 0.3 is 0 Å². The summed E-state index contributed by atoms with van der Waals surface area (Å²) in [7, 11) is 0. The maximum Gasteiger partial charge on any atom is -0.0123 e. The van der Waals surface area contributed by atoms with Gasteiger partial charge in [0.25, 0.3) is 0 Å². The number of hydrogen-bond acceptors (Lipinski definition) is 0. The molecule has 24 heavy (non-hydrogen) atoms. The lowest BCUT2D eigenvalue weighted by atomic mass is 9.79. The minimum Gasteiger partial charge on any atom is -0.0776 e.